The lowest BCUT2D eigenvalue weighted by atomic mass is 10.2. The molecule has 6 heteroatoms. The topological polar surface area (TPSA) is 84.2 Å². The first-order chi connectivity index (χ1) is 8.04. The van der Waals surface area contributed by atoms with Crippen molar-refractivity contribution >= 4 is 29.9 Å². The van der Waals surface area contributed by atoms with Crippen molar-refractivity contribution in [3.05, 3.63) is 29.8 Å². The van der Waals surface area contributed by atoms with E-state index in [2.05, 4.69) is 10.6 Å². The molecule has 0 aliphatic rings. The second-order valence-electron chi connectivity index (χ2n) is 3.71. The van der Waals surface area contributed by atoms with Gasteiger partial charge in [-0.05, 0) is 38.1 Å². The van der Waals surface area contributed by atoms with Crippen LogP contribution in [0.3, 0.4) is 0 Å². The summed E-state index contributed by atoms with van der Waals surface area (Å²) in [6.45, 7) is 4.05. The van der Waals surface area contributed by atoms with Gasteiger partial charge in [-0.15, -0.1) is 12.4 Å². The Bertz CT molecular complexity index is 404. The van der Waals surface area contributed by atoms with Gasteiger partial charge in [0.25, 0.3) is 5.91 Å². The lowest BCUT2D eigenvalue weighted by Crippen LogP contribution is -2.32. The van der Waals surface area contributed by atoms with E-state index in [1.54, 1.807) is 31.2 Å². The summed E-state index contributed by atoms with van der Waals surface area (Å²) in [6, 6.07) is 6.09. The molecule has 0 aromatic heterocycles. The van der Waals surface area contributed by atoms with Crippen LogP contribution in [0, 0.1) is 0 Å². The van der Waals surface area contributed by atoms with Crippen molar-refractivity contribution in [3.8, 4) is 0 Å². The van der Waals surface area contributed by atoms with Gasteiger partial charge in [0.1, 0.15) is 0 Å². The van der Waals surface area contributed by atoms with Crippen LogP contribution in [0.1, 0.15) is 24.2 Å². The van der Waals surface area contributed by atoms with E-state index in [1.165, 1.54) is 0 Å². The molecular weight excluding hydrogens is 254 g/mol. The van der Waals surface area contributed by atoms with Crippen LogP contribution in [0.4, 0.5) is 5.69 Å². The van der Waals surface area contributed by atoms with Crippen LogP contribution in [0.15, 0.2) is 24.3 Å². The van der Waals surface area contributed by atoms with Gasteiger partial charge in [0.2, 0.25) is 5.91 Å². The molecule has 5 nitrogen and oxygen atoms in total. The summed E-state index contributed by atoms with van der Waals surface area (Å²) in [5, 5.41) is 5.34. The SMILES string of the molecule is CCNC(=O)c1ccc(NC(=O)C(C)N)cc1.Cl. The maximum atomic E-state index is 11.5. The molecule has 1 unspecified atom stereocenters. The Labute approximate surface area is 113 Å². The summed E-state index contributed by atoms with van der Waals surface area (Å²) < 4.78 is 0. The lowest BCUT2D eigenvalue weighted by Gasteiger charge is -2.08. The fourth-order valence-electron chi connectivity index (χ4n) is 1.22. The summed E-state index contributed by atoms with van der Waals surface area (Å²) in [4.78, 5) is 22.8. The highest BCUT2D eigenvalue weighted by Crippen LogP contribution is 2.09. The second-order valence-corrected chi connectivity index (χ2v) is 3.71. The maximum absolute atomic E-state index is 11.5. The van der Waals surface area contributed by atoms with Crippen molar-refractivity contribution in [2.24, 2.45) is 5.73 Å². The Balaban J connectivity index is 0.00000289. The van der Waals surface area contributed by atoms with Crippen molar-refractivity contribution in [1.29, 1.82) is 0 Å². The van der Waals surface area contributed by atoms with Crippen LogP contribution in [0.25, 0.3) is 0 Å². The minimum Gasteiger partial charge on any atom is -0.352 e. The fourth-order valence-corrected chi connectivity index (χ4v) is 1.22. The van der Waals surface area contributed by atoms with Crippen LogP contribution in [-0.2, 0) is 4.79 Å². The van der Waals surface area contributed by atoms with Crippen LogP contribution >= 0.6 is 12.4 Å². The van der Waals surface area contributed by atoms with Gasteiger partial charge in [-0.25, -0.2) is 0 Å². The van der Waals surface area contributed by atoms with Gasteiger partial charge in [0, 0.05) is 17.8 Å². The number of amides is 2. The van der Waals surface area contributed by atoms with Crippen LogP contribution in [0.5, 0.6) is 0 Å². The van der Waals surface area contributed by atoms with Crippen LogP contribution in [-0.4, -0.2) is 24.4 Å². The molecule has 1 rings (SSSR count). The normalized spacial score (nSPS) is 11.1. The predicted molar refractivity (Wildman–Crippen MR) is 74.0 cm³/mol. The molecule has 0 saturated carbocycles. The lowest BCUT2D eigenvalue weighted by molar-refractivity contribution is -0.117. The largest absolute Gasteiger partial charge is 0.352 e. The van der Waals surface area contributed by atoms with Gasteiger partial charge in [0.15, 0.2) is 0 Å². The van der Waals surface area contributed by atoms with E-state index in [1.807, 2.05) is 6.92 Å². The van der Waals surface area contributed by atoms with Crippen LogP contribution in [0.2, 0.25) is 0 Å². The number of halogens is 1. The molecule has 18 heavy (non-hydrogen) atoms. The molecule has 100 valence electrons. The zero-order chi connectivity index (χ0) is 12.8. The molecule has 1 aromatic rings. The average Bonchev–Trinajstić information content (AvgIpc) is 2.30. The highest BCUT2D eigenvalue weighted by Gasteiger charge is 2.08. The number of carbonyl (C=O) groups excluding carboxylic acids is 2. The summed E-state index contributed by atoms with van der Waals surface area (Å²) >= 11 is 0. The summed E-state index contributed by atoms with van der Waals surface area (Å²) in [5.74, 6) is -0.381. The first-order valence-corrected chi connectivity index (χ1v) is 5.49. The number of anilines is 1. The number of nitrogens with one attached hydrogen (secondary N) is 2. The van der Waals surface area contributed by atoms with Crippen molar-refractivity contribution in [1.82, 2.24) is 5.32 Å². The number of rotatable bonds is 4. The molecule has 0 spiro atoms. The minimum atomic E-state index is -0.557. The fraction of sp³-hybridized carbons (Fsp3) is 0.333. The average molecular weight is 272 g/mol. The van der Waals surface area contributed by atoms with E-state index < -0.39 is 6.04 Å². The molecule has 0 radical (unpaired) electrons. The predicted octanol–water partition coefficient (Wildman–Crippen LogP) is 1.14. The monoisotopic (exact) mass is 271 g/mol. The van der Waals surface area contributed by atoms with Crippen molar-refractivity contribution in [2.45, 2.75) is 19.9 Å². The Morgan fingerprint density at radius 2 is 1.83 bits per heavy atom. The molecule has 0 heterocycles. The molecular formula is C12H18ClN3O2. The summed E-state index contributed by atoms with van der Waals surface area (Å²) in [6.07, 6.45) is 0. The van der Waals surface area contributed by atoms with E-state index in [0.717, 1.165) is 0 Å². The maximum Gasteiger partial charge on any atom is 0.251 e. The van der Waals surface area contributed by atoms with Crippen molar-refractivity contribution in [2.75, 3.05) is 11.9 Å². The summed E-state index contributed by atoms with van der Waals surface area (Å²) in [5.41, 5.74) is 6.61. The molecule has 0 fully saturated rings. The number of benzene rings is 1. The zero-order valence-corrected chi connectivity index (χ0v) is 11.2. The third kappa shape index (κ3) is 4.73. The summed E-state index contributed by atoms with van der Waals surface area (Å²) in [7, 11) is 0. The quantitative estimate of drug-likeness (QED) is 0.768. The molecule has 0 aliphatic heterocycles. The molecule has 1 aromatic carbocycles. The van der Waals surface area contributed by atoms with Crippen LogP contribution < -0.4 is 16.4 Å². The number of carbonyl (C=O) groups is 2. The Morgan fingerprint density at radius 3 is 2.28 bits per heavy atom. The molecule has 0 saturated heterocycles. The molecule has 0 bridgehead atoms. The zero-order valence-electron chi connectivity index (χ0n) is 10.4. The highest BCUT2D eigenvalue weighted by molar-refractivity contribution is 5.96. The number of hydrogen-bond donors (Lipinski definition) is 3. The van der Waals surface area contributed by atoms with Gasteiger partial charge in [0.05, 0.1) is 6.04 Å². The van der Waals surface area contributed by atoms with E-state index in [9.17, 15) is 9.59 Å². The van der Waals surface area contributed by atoms with E-state index >= 15 is 0 Å². The van der Waals surface area contributed by atoms with E-state index in [4.69, 9.17) is 5.73 Å². The third-order valence-corrected chi connectivity index (χ3v) is 2.17. The first kappa shape index (κ1) is 16.4. The first-order valence-electron chi connectivity index (χ1n) is 5.49. The van der Waals surface area contributed by atoms with Crippen molar-refractivity contribution < 1.29 is 9.59 Å². The van der Waals surface area contributed by atoms with Gasteiger partial charge in [-0.3, -0.25) is 9.59 Å². The van der Waals surface area contributed by atoms with E-state index in [-0.39, 0.29) is 24.2 Å². The Kier molecular flexibility index (Phi) is 7.00. The second kappa shape index (κ2) is 7.68. The number of hydrogen-bond acceptors (Lipinski definition) is 3. The third-order valence-electron chi connectivity index (χ3n) is 2.17. The van der Waals surface area contributed by atoms with Gasteiger partial charge < -0.3 is 16.4 Å². The molecule has 1 atom stereocenters. The molecule has 2 amide bonds. The van der Waals surface area contributed by atoms with Gasteiger partial charge in [-0.1, -0.05) is 0 Å². The highest BCUT2D eigenvalue weighted by atomic mass is 35.5. The Hall–Kier alpha value is -1.59. The Morgan fingerprint density at radius 1 is 1.28 bits per heavy atom. The number of nitrogens with two attached hydrogens (primary N) is 1. The minimum absolute atomic E-state index is 0. The molecule has 4 N–H and O–H groups in total. The smallest absolute Gasteiger partial charge is 0.251 e. The van der Waals surface area contributed by atoms with Gasteiger partial charge in [-0.2, -0.15) is 0 Å². The van der Waals surface area contributed by atoms with E-state index in [0.29, 0.717) is 17.8 Å². The van der Waals surface area contributed by atoms with Gasteiger partial charge >= 0.3 is 0 Å². The van der Waals surface area contributed by atoms with Crippen molar-refractivity contribution in [3.63, 3.8) is 0 Å². The standard InChI is InChI=1S/C12H17N3O2.ClH/c1-3-14-12(17)9-4-6-10(7-5-9)15-11(16)8(2)13;/h4-8H,3,13H2,1-2H3,(H,14,17)(H,15,16);1H. The molecule has 0 aliphatic carbocycles.